The number of hydrogen-bond acceptors (Lipinski definition) is 3. The zero-order valence-corrected chi connectivity index (χ0v) is 11.2. The van der Waals surface area contributed by atoms with E-state index in [1.165, 1.54) is 11.1 Å². The van der Waals surface area contributed by atoms with Crippen molar-refractivity contribution in [3.8, 4) is 0 Å². The van der Waals surface area contributed by atoms with E-state index in [1.54, 1.807) is 6.20 Å². The summed E-state index contributed by atoms with van der Waals surface area (Å²) in [6.07, 6.45) is 1.70. The summed E-state index contributed by atoms with van der Waals surface area (Å²) in [6.45, 7) is 4.18. The van der Waals surface area contributed by atoms with Crippen molar-refractivity contribution >= 4 is 28.6 Å². The molecule has 0 saturated carbocycles. The Morgan fingerprint density at radius 3 is 2.78 bits per heavy atom. The van der Waals surface area contributed by atoms with Crippen LogP contribution in [0.5, 0.6) is 0 Å². The van der Waals surface area contributed by atoms with Crippen LogP contribution >= 0.6 is 12.2 Å². The van der Waals surface area contributed by atoms with Crippen LogP contribution in [-0.2, 0) is 0 Å². The number of aromatic nitrogens is 1. The number of hydrogen-bond donors (Lipinski definition) is 2. The quantitative estimate of drug-likeness (QED) is 0.830. The molecule has 0 radical (unpaired) electrons. The van der Waals surface area contributed by atoms with Crippen molar-refractivity contribution < 1.29 is 0 Å². The zero-order chi connectivity index (χ0) is 13.1. The molecular formula is C14H15N3S. The number of thiocarbonyl (C=S) groups is 1. The van der Waals surface area contributed by atoms with Crippen molar-refractivity contribution in [1.29, 1.82) is 0 Å². The summed E-state index contributed by atoms with van der Waals surface area (Å²) >= 11 is 4.92. The van der Waals surface area contributed by atoms with Crippen molar-refractivity contribution in [2.24, 2.45) is 5.73 Å². The van der Waals surface area contributed by atoms with Gasteiger partial charge in [0.2, 0.25) is 0 Å². The average molecular weight is 257 g/mol. The van der Waals surface area contributed by atoms with Gasteiger partial charge in [-0.05, 0) is 43.2 Å². The van der Waals surface area contributed by atoms with Crippen molar-refractivity contribution in [1.82, 2.24) is 4.98 Å². The highest BCUT2D eigenvalue weighted by Gasteiger charge is 2.03. The minimum Gasteiger partial charge on any atom is -0.388 e. The second-order valence-electron chi connectivity index (χ2n) is 4.17. The summed E-state index contributed by atoms with van der Waals surface area (Å²) in [4.78, 5) is 4.42. The number of nitrogens with zero attached hydrogens (tertiary/aromatic N) is 1. The number of rotatable bonds is 3. The topological polar surface area (TPSA) is 50.9 Å². The molecule has 0 aliphatic heterocycles. The standard InChI is InChI=1S/C14H15N3S/c1-9-4-3-5-12(10(9)2)17-11-6-7-16-13(8-11)14(15)18/h3-8H,1-2H3,(H2,15,18)(H,16,17). The fourth-order valence-corrected chi connectivity index (χ4v) is 1.80. The molecule has 0 aliphatic carbocycles. The number of nitrogens with two attached hydrogens (primary N) is 1. The molecule has 0 unspecified atom stereocenters. The maximum absolute atomic E-state index is 5.57. The molecule has 2 aromatic rings. The highest BCUT2D eigenvalue weighted by atomic mass is 32.1. The Morgan fingerprint density at radius 2 is 2.06 bits per heavy atom. The summed E-state index contributed by atoms with van der Waals surface area (Å²) < 4.78 is 0. The maximum atomic E-state index is 5.57. The van der Waals surface area contributed by atoms with Crippen molar-refractivity contribution in [2.75, 3.05) is 5.32 Å². The minimum absolute atomic E-state index is 0.305. The van der Waals surface area contributed by atoms with E-state index < -0.39 is 0 Å². The lowest BCUT2D eigenvalue weighted by atomic mass is 10.1. The van der Waals surface area contributed by atoms with Crippen LogP contribution in [-0.4, -0.2) is 9.97 Å². The molecule has 0 bridgehead atoms. The lowest BCUT2D eigenvalue weighted by molar-refractivity contribution is 1.28. The van der Waals surface area contributed by atoms with Gasteiger partial charge in [-0.15, -0.1) is 0 Å². The number of nitrogens with one attached hydrogen (secondary N) is 1. The van der Waals surface area contributed by atoms with Gasteiger partial charge < -0.3 is 11.1 Å². The van der Waals surface area contributed by atoms with Crippen LogP contribution in [0.4, 0.5) is 11.4 Å². The van der Waals surface area contributed by atoms with Gasteiger partial charge in [-0.1, -0.05) is 24.4 Å². The Morgan fingerprint density at radius 1 is 1.28 bits per heavy atom. The summed E-state index contributed by atoms with van der Waals surface area (Å²) in [5.41, 5.74) is 10.7. The monoisotopic (exact) mass is 257 g/mol. The first kappa shape index (κ1) is 12.5. The molecule has 4 heteroatoms. The summed E-state index contributed by atoms with van der Waals surface area (Å²) in [5, 5.41) is 3.35. The summed E-state index contributed by atoms with van der Waals surface area (Å²) in [6, 6.07) is 9.91. The Kier molecular flexibility index (Phi) is 3.58. The van der Waals surface area contributed by atoms with Crippen LogP contribution in [0.3, 0.4) is 0 Å². The van der Waals surface area contributed by atoms with Crippen LogP contribution in [0.1, 0.15) is 16.8 Å². The molecule has 18 heavy (non-hydrogen) atoms. The average Bonchev–Trinajstić information content (AvgIpc) is 2.35. The zero-order valence-electron chi connectivity index (χ0n) is 10.4. The first-order valence-electron chi connectivity index (χ1n) is 5.67. The van der Waals surface area contributed by atoms with E-state index >= 15 is 0 Å². The first-order valence-corrected chi connectivity index (χ1v) is 6.08. The third-order valence-corrected chi connectivity index (χ3v) is 3.11. The highest BCUT2D eigenvalue weighted by molar-refractivity contribution is 7.80. The van der Waals surface area contributed by atoms with E-state index in [-0.39, 0.29) is 0 Å². The van der Waals surface area contributed by atoms with Gasteiger partial charge >= 0.3 is 0 Å². The third-order valence-electron chi connectivity index (χ3n) is 2.90. The van der Waals surface area contributed by atoms with Crippen LogP contribution < -0.4 is 11.1 Å². The molecule has 1 heterocycles. The SMILES string of the molecule is Cc1cccc(Nc2ccnc(C(N)=S)c2)c1C. The molecule has 0 amide bonds. The van der Waals surface area contributed by atoms with Gasteiger partial charge in [0.15, 0.2) is 0 Å². The number of anilines is 2. The minimum atomic E-state index is 0.305. The van der Waals surface area contributed by atoms with Gasteiger partial charge in [0, 0.05) is 17.6 Å². The van der Waals surface area contributed by atoms with Gasteiger partial charge in [-0.25, -0.2) is 0 Å². The smallest absolute Gasteiger partial charge is 0.122 e. The fraction of sp³-hybridized carbons (Fsp3) is 0.143. The molecule has 1 aromatic carbocycles. The second kappa shape index (κ2) is 5.14. The largest absolute Gasteiger partial charge is 0.388 e. The molecule has 92 valence electrons. The molecule has 2 rings (SSSR count). The lowest BCUT2D eigenvalue weighted by Gasteiger charge is -2.11. The van der Waals surface area contributed by atoms with Crippen LogP contribution in [0.15, 0.2) is 36.5 Å². The number of aryl methyl sites for hydroxylation is 1. The van der Waals surface area contributed by atoms with E-state index in [0.717, 1.165) is 11.4 Å². The second-order valence-corrected chi connectivity index (χ2v) is 4.61. The van der Waals surface area contributed by atoms with Crippen LogP contribution in [0, 0.1) is 13.8 Å². The van der Waals surface area contributed by atoms with Crippen molar-refractivity contribution in [3.63, 3.8) is 0 Å². The Balaban J connectivity index is 2.31. The summed E-state index contributed by atoms with van der Waals surface area (Å²) in [7, 11) is 0. The van der Waals surface area contributed by atoms with Crippen LogP contribution in [0.25, 0.3) is 0 Å². The lowest BCUT2D eigenvalue weighted by Crippen LogP contribution is -2.11. The van der Waals surface area contributed by atoms with E-state index in [0.29, 0.717) is 10.7 Å². The molecule has 1 aromatic heterocycles. The summed E-state index contributed by atoms with van der Waals surface area (Å²) in [5.74, 6) is 0. The predicted octanol–water partition coefficient (Wildman–Crippen LogP) is 3.08. The first-order chi connectivity index (χ1) is 8.58. The Labute approximate surface area is 112 Å². The molecule has 0 spiro atoms. The normalized spacial score (nSPS) is 10.1. The van der Waals surface area contributed by atoms with Gasteiger partial charge in [-0.3, -0.25) is 4.98 Å². The van der Waals surface area contributed by atoms with Gasteiger partial charge in [0.1, 0.15) is 4.99 Å². The van der Waals surface area contributed by atoms with E-state index in [4.69, 9.17) is 18.0 Å². The Hall–Kier alpha value is -1.94. The number of pyridine rings is 1. The third kappa shape index (κ3) is 2.65. The highest BCUT2D eigenvalue weighted by Crippen LogP contribution is 2.22. The molecule has 3 N–H and O–H groups in total. The van der Waals surface area contributed by atoms with E-state index in [9.17, 15) is 0 Å². The maximum Gasteiger partial charge on any atom is 0.122 e. The molecule has 0 atom stereocenters. The molecule has 0 saturated heterocycles. The molecule has 0 fully saturated rings. The van der Waals surface area contributed by atoms with Crippen molar-refractivity contribution in [2.45, 2.75) is 13.8 Å². The van der Waals surface area contributed by atoms with Crippen LogP contribution in [0.2, 0.25) is 0 Å². The van der Waals surface area contributed by atoms with Crippen molar-refractivity contribution in [3.05, 3.63) is 53.3 Å². The van der Waals surface area contributed by atoms with Gasteiger partial charge in [-0.2, -0.15) is 0 Å². The van der Waals surface area contributed by atoms with Gasteiger partial charge in [0.25, 0.3) is 0 Å². The molecule has 3 nitrogen and oxygen atoms in total. The molecule has 0 aliphatic rings. The number of benzene rings is 1. The fourth-order valence-electron chi connectivity index (χ4n) is 1.69. The van der Waals surface area contributed by atoms with E-state index in [2.05, 4.69) is 30.2 Å². The Bertz CT molecular complexity index is 593. The molecular weight excluding hydrogens is 242 g/mol. The van der Waals surface area contributed by atoms with Gasteiger partial charge in [0.05, 0.1) is 5.69 Å². The predicted molar refractivity (Wildman–Crippen MR) is 79.3 cm³/mol. The van der Waals surface area contributed by atoms with E-state index in [1.807, 2.05) is 24.3 Å².